The second-order valence-corrected chi connectivity index (χ2v) is 9.39. The summed E-state index contributed by atoms with van der Waals surface area (Å²) in [7, 11) is 0. The zero-order valence-corrected chi connectivity index (χ0v) is 16.2. The Morgan fingerprint density at radius 3 is 2.07 bits per heavy atom. The molecule has 0 radical (unpaired) electrons. The molecule has 0 aromatic heterocycles. The quantitative estimate of drug-likeness (QED) is 0.746. The zero-order valence-electron chi connectivity index (χ0n) is 16.2. The number of carbonyl (C=O) groups excluding carboxylic acids is 1. The lowest BCUT2D eigenvalue weighted by Crippen LogP contribution is -2.55. The minimum Gasteiger partial charge on any atom is -0.349 e. The number of carbonyl (C=O) groups is 1. The van der Waals surface area contributed by atoms with Gasteiger partial charge >= 0.3 is 0 Å². The van der Waals surface area contributed by atoms with E-state index in [1.54, 1.807) is 0 Å². The van der Waals surface area contributed by atoms with E-state index in [9.17, 15) is 4.79 Å². The van der Waals surface area contributed by atoms with Crippen LogP contribution in [-0.2, 0) is 0 Å². The highest BCUT2D eigenvalue weighted by molar-refractivity contribution is 6.01. The van der Waals surface area contributed by atoms with E-state index in [0.717, 1.165) is 34.4 Å². The number of hydrogen-bond acceptors (Lipinski definition) is 1. The van der Waals surface area contributed by atoms with Crippen LogP contribution in [0.15, 0.2) is 54.6 Å². The highest BCUT2D eigenvalue weighted by atomic mass is 16.1. The molecule has 4 bridgehead atoms. The summed E-state index contributed by atoms with van der Waals surface area (Å²) in [6, 6.07) is 18.5. The van der Waals surface area contributed by atoms with Gasteiger partial charge in [-0.3, -0.25) is 4.79 Å². The predicted octanol–water partition coefficient (Wildman–Crippen LogP) is 5.69. The smallest absolute Gasteiger partial charge is 0.252 e. The largest absolute Gasteiger partial charge is 0.349 e. The molecule has 0 saturated heterocycles. The normalized spacial score (nSPS) is 32.3. The minimum absolute atomic E-state index is 0.0812. The molecule has 1 N–H and O–H groups in total. The van der Waals surface area contributed by atoms with Crippen molar-refractivity contribution < 1.29 is 4.79 Å². The third-order valence-electron chi connectivity index (χ3n) is 7.61. The van der Waals surface area contributed by atoms with Gasteiger partial charge in [0.15, 0.2) is 0 Å². The molecule has 0 aliphatic heterocycles. The van der Waals surface area contributed by atoms with E-state index in [1.807, 2.05) is 36.4 Å². The van der Waals surface area contributed by atoms with Crippen molar-refractivity contribution in [2.45, 2.75) is 51.5 Å². The summed E-state index contributed by atoms with van der Waals surface area (Å²) in [5, 5.41) is 3.42. The Morgan fingerprint density at radius 2 is 1.44 bits per heavy atom. The van der Waals surface area contributed by atoms with Crippen molar-refractivity contribution in [3.63, 3.8) is 0 Å². The van der Waals surface area contributed by atoms with Crippen LogP contribution in [0.4, 0.5) is 0 Å². The number of rotatable bonds is 4. The van der Waals surface area contributed by atoms with Crippen LogP contribution in [0.2, 0.25) is 0 Å². The van der Waals surface area contributed by atoms with E-state index >= 15 is 0 Å². The van der Waals surface area contributed by atoms with Gasteiger partial charge in [0, 0.05) is 11.6 Å². The molecule has 2 aromatic carbocycles. The average Bonchev–Trinajstić information content (AvgIpc) is 2.67. The molecule has 0 heterocycles. The summed E-state index contributed by atoms with van der Waals surface area (Å²) >= 11 is 0. The Labute approximate surface area is 162 Å². The summed E-state index contributed by atoms with van der Waals surface area (Å²) in [6.07, 6.45) is 8.28. The fourth-order valence-electron chi connectivity index (χ4n) is 6.69. The van der Waals surface area contributed by atoms with Gasteiger partial charge in [0.1, 0.15) is 0 Å². The van der Waals surface area contributed by atoms with Crippen molar-refractivity contribution in [3.8, 4) is 11.1 Å². The fraction of sp³-hybridized carbons (Fsp3) is 0.480. The monoisotopic (exact) mass is 359 g/mol. The highest BCUT2D eigenvalue weighted by Crippen LogP contribution is 2.61. The molecular formula is C25H29NO. The predicted molar refractivity (Wildman–Crippen MR) is 109 cm³/mol. The van der Waals surface area contributed by atoms with E-state index < -0.39 is 0 Å². The number of amides is 1. The summed E-state index contributed by atoms with van der Waals surface area (Å²) in [4.78, 5) is 13.2. The lowest BCUT2D eigenvalue weighted by atomic mass is 9.48. The first-order valence-electron chi connectivity index (χ1n) is 10.6. The molecule has 0 spiro atoms. The SMILES string of the molecule is CC(NC(=O)c1ccccc1-c1ccccc1)C12CC3CC(CC(C3)C1)C2. The van der Waals surface area contributed by atoms with Crippen LogP contribution in [-0.4, -0.2) is 11.9 Å². The second kappa shape index (κ2) is 6.51. The van der Waals surface area contributed by atoms with Gasteiger partial charge < -0.3 is 5.32 Å². The maximum atomic E-state index is 13.2. The molecule has 6 rings (SSSR count). The lowest BCUT2D eigenvalue weighted by Gasteiger charge is -2.59. The topological polar surface area (TPSA) is 29.1 Å². The van der Waals surface area contributed by atoms with Crippen molar-refractivity contribution in [3.05, 3.63) is 60.2 Å². The molecule has 4 fully saturated rings. The number of nitrogens with one attached hydrogen (secondary N) is 1. The van der Waals surface area contributed by atoms with E-state index in [-0.39, 0.29) is 11.9 Å². The lowest BCUT2D eigenvalue weighted by molar-refractivity contribution is -0.0687. The van der Waals surface area contributed by atoms with Gasteiger partial charge in [0.2, 0.25) is 0 Å². The molecule has 27 heavy (non-hydrogen) atoms. The van der Waals surface area contributed by atoms with Crippen LogP contribution >= 0.6 is 0 Å². The number of benzene rings is 2. The molecule has 1 amide bonds. The van der Waals surface area contributed by atoms with E-state index in [4.69, 9.17) is 0 Å². The van der Waals surface area contributed by atoms with Crippen LogP contribution in [0.25, 0.3) is 11.1 Å². The number of hydrogen-bond donors (Lipinski definition) is 1. The van der Waals surface area contributed by atoms with Gasteiger partial charge in [-0.1, -0.05) is 48.5 Å². The Morgan fingerprint density at radius 1 is 0.889 bits per heavy atom. The van der Waals surface area contributed by atoms with Gasteiger partial charge in [-0.15, -0.1) is 0 Å². The van der Waals surface area contributed by atoms with Gasteiger partial charge in [0.05, 0.1) is 0 Å². The minimum atomic E-state index is 0.0812. The van der Waals surface area contributed by atoms with Crippen molar-refractivity contribution in [1.29, 1.82) is 0 Å². The van der Waals surface area contributed by atoms with Crippen molar-refractivity contribution in [1.82, 2.24) is 5.32 Å². The van der Waals surface area contributed by atoms with Crippen LogP contribution < -0.4 is 5.32 Å². The molecule has 4 aliphatic rings. The zero-order chi connectivity index (χ0) is 18.4. The Kier molecular flexibility index (Phi) is 4.11. The average molecular weight is 360 g/mol. The van der Waals surface area contributed by atoms with Gasteiger partial charge in [0.25, 0.3) is 5.91 Å². The standard InChI is InChI=1S/C25H29NO/c1-17(25-14-18-11-19(15-25)13-20(12-18)16-25)26-24(27)23-10-6-5-9-22(23)21-7-3-2-4-8-21/h2-10,17-20H,11-16H2,1H3,(H,26,27). The molecule has 4 aliphatic carbocycles. The molecule has 1 unspecified atom stereocenters. The van der Waals surface area contributed by atoms with Crippen LogP contribution in [0, 0.1) is 23.2 Å². The Bertz CT molecular complexity index is 805. The molecule has 2 aromatic rings. The summed E-state index contributed by atoms with van der Waals surface area (Å²) in [6.45, 7) is 2.26. The molecule has 2 heteroatoms. The van der Waals surface area contributed by atoms with Crippen LogP contribution in [0.3, 0.4) is 0 Å². The Balaban J connectivity index is 1.39. The van der Waals surface area contributed by atoms with Gasteiger partial charge in [-0.2, -0.15) is 0 Å². The molecule has 140 valence electrons. The van der Waals surface area contributed by atoms with Crippen molar-refractivity contribution >= 4 is 5.91 Å². The summed E-state index contributed by atoms with van der Waals surface area (Å²) in [5.41, 5.74) is 3.26. The maximum absolute atomic E-state index is 13.2. The second-order valence-electron chi connectivity index (χ2n) is 9.39. The highest BCUT2D eigenvalue weighted by Gasteiger charge is 2.53. The third kappa shape index (κ3) is 2.99. The van der Waals surface area contributed by atoms with Gasteiger partial charge in [-0.25, -0.2) is 0 Å². The van der Waals surface area contributed by atoms with E-state index in [1.165, 1.54) is 38.5 Å². The molecule has 4 saturated carbocycles. The summed E-state index contributed by atoms with van der Waals surface area (Å²) in [5.74, 6) is 2.81. The first-order valence-corrected chi connectivity index (χ1v) is 10.6. The fourth-order valence-corrected chi connectivity index (χ4v) is 6.69. The van der Waals surface area contributed by atoms with Crippen LogP contribution in [0.5, 0.6) is 0 Å². The molecule has 1 atom stereocenters. The Hall–Kier alpha value is -2.09. The summed E-state index contributed by atoms with van der Waals surface area (Å²) < 4.78 is 0. The van der Waals surface area contributed by atoms with Crippen molar-refractivity contribution in [2.24, 2.45) is 23.2 Å². The molecular weight excluding hydrogens is 330 g/mol. The third-order valence-corrected chi connectivity index (χ3v) is 7.61. The van der Waals surface area contributed by atoms with E-state index in [2.05, 4.69) is 30.4 Å². The first kappa shape index (κ1) is 17.0. The van der Waals surface area contributed by atoms with E-state index in [0.29, 0.717) is 5.41 Å². The first-order chi connectivity index (χ1) is 13.1. The van der Waals surface area contributed by atoms with Gasteiger partial charge in [-0.05, 0) is 85.8 Å². The maximum Gasteiger partial charge on any atom is 0.252 e. The van der Waals surface area contributed by atoms with Crippen LogP contribution in [0.1, 0.15) is 55.8 Å². The van der Waals surface area contributed by atoms with Crippen molar-refractivity contribution in [2.75, 3.05) is 0 Å². The molecule has 2 nitrogen and oxygen atoms in total.